The number of rotatable bonds is 4. The van der Waals surface area contributed by atoms with Crippen LogP contribution < -0.4 is 10.0 Å². The fraction of sp³-hybridized carbons (Fsp3) is 0.667. The lowest BCUT2D eigenvalue weighted by Crippen LogP contribution is -2.43. The van der Waals surface area contributed by atoms with Crippen LogP contribution in [0.1, 0.15) is 0 Å². The van der Waals surface area contributed by atoms with Gasteiger partial charge in [0.2, 0.25) is 0 Å². The molecule has 0 saturated carbocycles. The third-order valence-corrected chi connectivity index (χ3v) is 4.38. The van der Waals surface area contributed by atoms with Crippen LogP contribution in [0.2, 0.25) is 0 Å². The molecule has 0 aromatic carbocycles. The molecular weight excluding hydrogens is 244 g/mol. The van der Waals surface area contributed by atoms with Crippen molar-refractivity contribution < 1.29 is 13.2 Å². The second-order valence-electron chi connectivity index (χ2n) is 3.95. The van der Waals surface area contributed by atoms with Crippen LogP contribution in [-0.4, -0.2) is 50.5 Å². The van der Waals surface area contributed by atoms with Gasteiger partial charge in [-0.1, -0.05) is 0 Å². The van der Waals surface area contributed by atoms with Gasteiger partial charge in [-0.15, -0.1) is 0 Å². The zero-order chi connectivity index (χ0) is 12.5. The van der Waals surface area contributed by atoms with Gasteiger partial charge in [0, 0.05) is 27.2 Å². The molecule has 7 nitrogen and oxygen atoms in total. The molecule has 1 aliphatic heterocycles. The van der Waals surface area contributed by atoms with Crippen LogP contribution in [0.5, 0.6) is 0 Å². The number of ether oxygens (including phenoxy) is 1. The van der Waals surface area contributed by atoms with Crippen LogP contribution in [-0.2, 0) is 21.8 Å². The molecular formula is C9H16N4O3S. The lowest BCUT2D eigenvalue weighted by molar-refractivity contribution is 0.103. The molecule has 0 spiro atoms. The maximum absolute atomic E-state index is 12.1. The van der Waals surface area contributed by atoms with Crippen molar-refractivity contribution in [3.8, 4) is 0 Å². The quantitative estimate of drug-likeness (QED) is 0.702. The van der Waals surface area contributed by atoms with Crippen molar-refractivity contribution in [3.63, 3.8) is 0 Å². The van der Waals surface area contributed by atoms with Gasteiger partial charge in [-0.2, -0.15) is 5.10 Å². The molecule has 0 bridgehead atoms. The Bertz CT molecular complexity index is 484. The summed E-state index contributed by atoms with van der Waals surface area (Å²) in [6.45, 7) is 1.21. The van der Waals surface area contributed by atoms with E-state index in [9.17, 15) is 8.42 Å². The van der Waals surface area contributed by atoms with E-state index in [4.69, 9.17) is 4.74 Å². The van der Waals surface area contributed by atoms with Crippen LogP contribution in [0.25, 0.3) is 0 Å². The predicted molar refractivity (Wildman–Crippen MR) is 61.0 cm³/mol. The number of hydrogen-bond acceptors (Lipinski definition) is 5. The van der Waals surface area contributed by atoms with E-state index in [1.54, 1.807) is 14.2 Å². The first-order valence-corrected chi connectivity index (χ1v) is 6.77. The van der Waals surface area contributed by atoms with Crippen molar-refractivity contribution in [2.24, 2.45) is 7.05 Å². The van der Waals surface area contributed by atoms with Gasteiger partial charge in [0.05, 0.1) is 18.3 Å². The molecule has 1 aromatic heterocycles. The van der Waals surface area contributed by atoms with Gasteiger partial charge in [-0.05, 0) is 6.07 Å². The molecule has 8 heteroatoms. The van der Waals surface area contributed by atoms with Crippen LogP contribution in [0.15, 0.2) is 17.3 Å². The average molecular weight is 260 g/mol. The van der Waals surface area contributed by atoms with E-state index < -0.39 is 10.0 Å². The largest absolute Gasteiger partial charge is 0.378 e. The van der Waals surface area contributed by atoms with Crippen LogP contribution in [0.4, 0.5) is 0 Å². The van der Waals surface area contributed by atoms with E-state index in [-0.39, 0.29) is 17.2 Å². The van der Waals surface area contributed by atoms with Gasteiger partial charge in [0.25, 0.3) is 10.0 Å². The summed E-state index contributed by atoms with van der Waals surface area (Å²) < 4.78 is 33.3. The fourth-order valence-electron chi connectivity index (χ4n) is 1.90. The zero-order valence-electron chi connectivity index (χ0n) is 9.75. The summed E-state index contributed by atoms with van der Waals surface area (Å²) in [6, 6.07) is 1.21. The maximum atomic E-state index is 12.1. The monoisotopic (exact) mass is 260 g/mol. The van der Waals surface area contributed by atoms with Crippen molar-refractivity contribution in [1.29, 1.82) is 0 Å². The number of hydrogen-bond donors (Lipinski definition) is 2. The standard InChI is InChI=1S/C9H16N4O3S/c1-13-9(3-4-11-13)17(14,15)12-7-5-10-6-8(7)16-2/h3-4,7-8,10,12H,5-6H2,1-2H3/t7?,8-/m0/s1. The summed E-state index contributed by atoms with van der Waals surface area (Å²) in [5.74, 6) is 0. The van der Waals surface area contributed by atoms with Crippen LogP contribution in [0, 0.1) is 0 Å². The second-order valence-corrected chi connectivity index (χ2v) is 5.61. The zero-order valence-corrected chi connectivity index (χ0v) is 10.6. The van der Waals surface area contributed by atoms with E-state index in [0.717, 1.165) is 0 Å². The molecule has 2 atom stereocenters. The average Bonchev–Trinajstić information content (AvgIpc) is 2.86. The molecule has 96 valence electrons. The lowest BCUT2D eigenvalue weighted by Gasteiger charge is -2.18. The summed E-state index contributed by atoms with van der Waals surface area (Å²) in [6.07, 6.45) is 1.31. The van der Waals surface area contributed by atoms with Crippen LogP contribution >= 0.6 is 0 Å². The van der Waals surface area contributed by atoms with E-state index in [2.05, 4.69) is 15.1 Å². The summed E-state index contributed by atoms with van der Waals surface area (Å²) in [5, 5.41) is 7.08. The Labute approximate surface area is 100 Å². The lowest BCUT2D eigenvalue weighted by atomic mass is 10.2. The fourth-order valence-corrected chi connectivity index (χ4v) is 3.29. The molecule has 2 rings (SSSR count). The minimum atomic E-state index is -3.54. The normalized spacial score (nSPS) is 25.3. The predicted octanol–water partition coefficient (Wildman–Crippen LogP) is -1.31. The first-order chi connectivity index (χ1) is 8.04. The minimum absolute atomic E-state index is 0.141. The molecule has 1 saturated heterocycles. The van der Waals surface area contributed by atoms with Gasteiger partial charge in [-0.3, -0.25) is 4.68 Å². The smallest absolute Gasteiger partial charge is 0.258 e. The van der Waals surface area contributed by atoms with E-state index in [0.29, 0.717) is 13.1 Å². The van der Waals surface area contributed by atoms with Crippen molar-refractivity contribution in [1.82, 2.24) is 19.8 Å². The van der Waals surface area contributed by atoms with Crippen molar-refractivity contribution in [2.45, 2.75) is 17.2 Å². The van der Waals surface area contributed by atoms with Gasteiger partial charge in [-0.25, -0.2) is 13.1 Å². The Balaban J connectivity index is 2.16. The summed E-state index contributed by atoms with van der Waals surface area (Å²) in [7, 11) is -0.379. The number of aromatic nitrogens is 2. The first-order valence-electron chi connectivity index (χ1n) is 5.28. The number of aryl methyl sites for hydroxylation is 1. The van der Waals surface area contributed by atoms with Crippen molar-refractivity contribution in [3.05, 3.63) is 12.3 Å². The van der Waals surface area contributed by atoms with Crippen molar-refractivity contribution >= 4 is 10.0 Å². The van der Waals surface area contributed by atoms with E-state index in [1.165, 1.54) is 16.9 Å². The molecule has 1 unspecified atom stereocenters. The Morgan fingerprint density at radius 3 is 2.94 bits per heavy atom. The molecule has 2 N–H and O–H groups in total. The highest BCUT2D eigenvalue weighted by atomic mass is 32.2. The maximum Gasteiger partial charge on any atom is 0.258 e. The number of nitrogens with one attached hydrogen (secondary N) is 2. The molecule has 0 amide bonds. The van der Waals surface area contributed by atoms with E-state index in [1.807, 2.05) is 0 Å². The van der Waals surface area contributed by atoms with Gasteiger partial charge < -0.3 is 10.1 Å². The molecule has 1 aromatic rings. The third kappa shape index (κ3) is 2.49. The molecule has 2 heterocycles. The molecule has 0 aliphatic carbocycles. The molecule has 17 heavy (non-hydrogen) atoms. The third-order valence-electron chi connectivity index (χ3n) is 2.82. The van der Waals surface area contributed by atoms with Gasteiger partial charge >= 0.3 is 0 Å². The first kappa shape index (κ1) is 12.5. The molecule has 0 radical (unpaired) electrons. The highest BCUT2D eigenvalue weighted by Crippen LogP contribution is 2.11. The summed E-state index contributed by atoms with van der Waals surface area (Å²) in [4.78, 5) is 0. The molecule has 1 aliphatic rings. The Morgan fingerprint density at radius 2 is 2.35 bits per heavy atom. The summed E-state index contributed by atoms with van der Waals surface area (Å²) in [5.41, 5.74) is 0. The number of methoxy groups -OCH3 is 1. The van der Waals surface area contributed by atoms with Gasteiger partial charge in [0.15, 0.2) is 5.03 Å². The second kappa shape index (κ2) is 4.73. The summed E-state index contributed by atoms with van der Waals surface area (Å²) >= 11 is 0. The van der Waals surface area contributed by atoms with Crippen LogP contribution in [0.3, 0.4) is 0 Å². The highest BCUT2D eigenvalue weighted by molar-refractivity contribution is 7.89. The van der Waals surface area contributed by atoms with Gasteiger partial charge in [0.1, 0.15) is 0 Å². The Hall–Kier alpha value is -0.960. The Kier molecular flexibility index (Phi) is 3.48. The molecule has 1 fully saturated rings. The van der Waals surface area contributed by atoms with E-state index >= 15 is 0 Å². The van der Waals surface area contributed by atoms with Crippen molar-refractivity contribution in [2.75, 3.05) is 20.2 Å². The SMILES string of the molecule is CO[C@H]1CNCC1NS(=O)(=O)c1ccnn1C. The Morgan fingerprint density at radius 1 is 1.59 bits per heavy atom. The number of sulfonamides is 1. The highest BCUT2D eigenvalue weighted by Gasteiger charge is 2.32. The number of nitrogens with zero attached hydrogens (tertiary/aromatic N) is 2. The minimum Gasteiger partial charge on any atom is -0.378 e. The topological polar surface area (TPSA) is 85.2 Å².